The minimum atomic E-state index is -0.101. The van der Waals surface area contributed by atoms with Gasteiger partial charge in [0.05, 0.1) is 23.9 Å². The Kier molecular flexibility index (Phi) is 2.89. The molecule has 0 bridgehead atoms. The summed E-state index contributed by atoms with van der Waals surface area (Å²) in [6.45, 7) is 6.90. The van der Waals surface area contributed by atoms with Gasteiger partial charge in [0.25, 0.3) is 5.91 Å². The number of ether oxygens (including phenoxy) is 1. The lowest BCUT2D eigenvalue weighted by atomic mass is 9.78. The molecule has 19 heavy (non-hydrogen) atoms. The maximum Gasteiger partial charge on any atom is 0.291 e. The van der Waals surface area contributed by atoms with Gasteiger partial charge in [-0.2, -0.15) is 0 Å². The van der Waals surface area contributed by atoms with E-state index in [4.69, 9.17) is 9.15 Å². The summed E-state index contributed by atoms with van der Waals surface area (Å²) in [5, 5.41) is 0. The Morgan fingerprint density at radius 3 is 2.68 bits per heavy atom. The molecule has 1 saturated heterocycles. The van der Waals surface area contributed by atoms with Crippen LogP contribution in [0.1, 0.15) is 48.3 Å². The molecule has 0 aromatic carbocycles. The van der Waals surface area contributed by atoms with Crippen molar-refractivity contribution >= 4 is 5.91 Å². The van der Waals surface area contributed by atoms with Gasteiger partial charge in [-0.05, 0) is 33.1 Å². The molecule has 5 nitrogen and oxygen atoms in total. The van der Waals surface area contributed by atoms with E-state index in [-0.39, 0.29) is 17.6 Å². The molecule has 1 unspecified atom stereocenters. The van der Waals surface area contributed by atoms with E-state index in [0.29, 0.717) is 30.4 Å². The SMILES string of the molecule is Cc1nc(C)c(C(=O)N2CC(C)OC3(CCC3)C2)o1. The summed E-state index contributed by atoms with van der Waals surface area (Å²) in [4.78, 5) is 18.6. The lowest BCUT2D eigenvalue weighted by molar-refractivity contribution is -0.176. The van der Waals surface area contributed by atoms with Gasteiger partial charge in [0.2, 0.25) is 5.76 Å². The average molecular weight is 264 g/mol. The lowest BCUT2D eigenvalue weighted by Gasteiger charge is -2.50. The number of amides is 1. The molecule has 104 valence electrons. The van der Waals surface area contributed by atoms with Crippen LogP contribution in [0.5, 0.6) is 0 Å². The van der Waals surface area contributed by atoms with Crippen LogP contribution in [0, 0.1) is 13.8 Å². The molecule has 1 spiro atoms. The number of nitrogens with zero attached hydrogens (tertiary/aromatic N) is 2. The number of carbonyl (C=O) groups excluding carboxylic acids is 1. The van der Waals surface area contributed by atoms with Crippen molar-refractivity contribution in [1.29, 1.82) is 0 Å². The zero-order valence-electron chi connectivity index (χ0n) is 11.7. The van der Waals surface area contributed by atoms with Gasteiger partial charge in [-0.15, -0.1) is 0 Å². The zero-order chi connectivity index (χ0) is 13.6. The van der Waals surface area contributed by atoms with Gasteiger partial charge in [0.1, 0.15) is 0 Å². The van der Waals surface area contributed by atoms with E-state index in [0.717, 1.165) is 12.8 Å². The summed E-state index contributed by atoms with van der Waals surface area (Å²) >= 11 is 0. The predicted molar refractivity (Wildman–Crippen MR) is 69.0 cm³/mol. The smallest absolute Gasteiger partial charge is 0.291 e. The molecule has 1 amide bonds. The second kappa shape index (κ2) is 4.34. The molecule has 2 fully saturated rings. The lowest BCUT2D eigenvalue weighted by Crippen LogP contribution is -2.59. The fraction of sp³-hybridized carbons (Fsp3) is 0.714. The van der Waals surface area contributed by atoms with E-state index >= 15 is 0 Å². The summed E-state index contributed by atoms with van der Waals surface area (Å²) in [6, 6.07) is 0. The van der Waals surface area contributed by atoms with Gasteiger partial charge in [0.15, 0.2) is 5.89 Å². The third-order valence-corrected chi connectivity index (χ3v) is 4.06. The Balaban J connectivity index is 1.81. The molecule has 2 heterocycles. The highest BCUT2D eigenvalue weighted by Gasteiger charge is 2.46. The average Bonchev–Trinajstić information content (AvgIpc) is 2.64. The third kappa shape index (κ3) is 2.16. The number of aromatic nitrogens is 1. The van der Waals surface area contributed by atoms with E-state index in [2.05, 4.69) is 4.98 Å². The summed E-state index contributed by atoms with van der Waals surface area (Å²) in [7, 11) is 0. The first-order valence-corrected chi connectivity index (χ1v) is 6.90. The van der Waals surface area contributed by atoms with Crippen LogP contribution >= 0.6 is 0 Å². The highest BCUT2D eigenvalue weighted by molar-refractivity contribution is 5.92. The fourth-order valence-corrected chi connectivity index (χ4v) is 3.10. The van der Waals surface area contributed by atoms with Crippen molar-refractivity contribution in [3.05, 3.63) is 17.3 Å². The van der Waals surface area contributed by atoms with Crippen molar-refractivity contribution in [2.45, 2.75) is 51.7 Å². The van der Waals surface area contributed by atoms with Gasteiger partial charge in [-0.3, -0.25) is 4.79 Å². The molecule has 2 aliphatic rings. The minimum Gasteiger partial charge on any atom is -0.436 e. The Hall–Kier alpha value is -1.36. The maximum absolute atomic E-state index is 12.5. The molecule has 0 radical (unpaired) electrons. The number of hydrogen-bond donors (Lipinski definition) is 0. The number of oxazole rings is 1. The number of aryl methyl sites for hydroxylation is 2. The fourth-order valence-electron chi connectivity index (χ4n) is 3.10. The molecule has 1 aliphatic carbocycles. The topological polar surface area (TPSA) is 55.6 Å². The highest BCUT2D eigenvalue weighted by atomic mass is 16.5. The van der Waals surface area contributed by atoms with Crippen LogP contribution in [0.3, 0.4) is 0 Å². The van der Waals surface area contributed by atoms with Crippen LogP contribution in [0.25, 0.3) is 0 Å². The van der Waals surface area contributed by atoms with Crippen molar-refractivity contribution in [2.24, 2.45) is 0 Å². The largest absolute Gasteiger partial charge is 0.436 e. The van der Waals surface area contributed by atoms with Crippen LogP contribution in [0.4, 0.5) is 0 Å². The van der Waals surface area contributed by atoms with Gasteiger partial charge in [0, 0.05) is 13.5 Å². The van der Waals surface area contributed by atoms with Gasteiger partial charge in [-0.1, -0.05) is 0 Å². The van der Waals surface area contributed by atoms with Gasteiger partial charge >= 0.3 is 0 Å². The Bertz CT molecular complexity index is 505. The quantitative estimate of drug-likeness (QED) is 0.779. The standard InChI is InChI=1S/C14H20N2O3/c1-9-7-16(8-14(19-9)5-4-6-14)13(17)12-10(2)15-11(3)18-12/h9H,4-8H2,1-3H3. The van der Waals surface area contributed by atoms with Crippen LogP contribution < -0.4 is 0 Å². The molecule has 1 aliphatic heterocycles. The van der Waals surface area contributed by atoms with E-state index in [9.17, 15) is 4.79 Å². The molecule has 1 aromatic heterocycles. The van der Waals surface area contributed by atoms with E-state index in [1.54, 1.807) is 6.92 Å². The second-order valence-corrected chi connectivity index (χ2v) is 5.80. The highest BCUT2D eigenvalue weighted by Crippen LogP contribution is 2.40. The van der Waals surface area contributed by atoms with Crippen molar-refractivity contribution in [2.75, 3.05) is 13.1 Å². The molecule has 1 atom stereocenters. The predicted octanol–water partition coefficient (Wildman–Crippen LogP) is 2.08. The monoisotopic (exact) mass is 264 g/mol. The Morgan fingerprint density at radius 2 is 2.16 bits per heavy atom. The normalized spacial score (nSPS) is 25.4. The zero-order valence-corrected chi connectivity index (χ0v) is 11.7. The third-order valence-electron chi connectivity index (χ3n) is 4.06. The van der Waals surface area contributed by atoms with E-state index in [1.165, 1.54) is 6.42 Å². The Labute approximate surface area is 112 Å². The molecule has 1 saturated carbocycles. The molecular formula is C14H20N2O3. The van der Waals surface area contributed by atoms with Crippen LogP contribution in [0.2, 0.25) is 0 Å². The number of hydrogen-bond acceptors (Lipinski definition) is 4. The van der Waals surface area contributed by atoms with E-state index < -0.39 is 0 Å². The first-order valence-electron chi connectivity index (χ1n) is 6.90. The van der Waals surface area contributed by atoms with E-state index in [1.807, 2.05) is 18.7 Å². The summed E-state index contributed by atoms with van der Waals surface area (Å²) < 4.78 is 11.5. The first kappa shape index (κ1) is 12.7. The minimum absolute atomic E-state index is 0.0560. The van der Waals surface area contributed by atoms with Crippen molar-refractivity contribution in [3.8, 4) is 0 Å². The molecule has 5 heteroatoms. The number of rotatable bonds is 1. The number of carbonyl (C=O) groups is 1. The second-order valence-electron chi connectivity index (χ2n) is 5.80. The number of morpholine rings is 1. The molecule has 0 N–H and O–H groups in total. The maximum atomic E-state index is 12.5. The van der Waals surface area contributed by atoms with Gasteiger partial charge < -0.3 is 14.1 Å². The Morgan fingerprint density at radius 1 is 1.42 bits per heavy atom. The van der Waals surface area contributed by atoms with Crippen molar-refractivity contribution in [3.63, 3.8) is 0 Å². The summed E-state index contributed by atoms with van der Waals surface area (Å²) in [5.74, 6) is 0.862. The first-order chi connectivity index (χ1) is 8.99. The van der Waals surface area contributed by atoms with Crippen LogP contribution in [0.15, 0.2) is 4.42 Å². The van der Waals surface area contributed by atoms with Crippen molar-refractivity contribution in [1.82, 2.24) is 9.88 Å². The molecule has 3 rings (SSSR count). The van der Waals surface area contributed by atoms with Gasteiger partial charge in [-0.25, -0.2) is 4.98 Å². The molecular weight excluding hydrogens is 244 g/mol. The van der Waals surface area contributed by atoms with Crippen molar-refractivity contribution < 1.29 is 13.9 Å². The molecule has 1 aromatic rings. The van der Waals surface area contributed by atoms with Crippen LogP contribution in [-0.2, 0) is 4.74 Å². The summed E-state index contributed by atoms with van der Waals surface area (Å²) in [6.07, 6.45) is 3.38. The summed E-state index contributed by atoms with van der Waals surface area (Å²) in [5.41, 5.74) is 0.570. The van der Waals surface area contributed by atoms with Crippen LogP contribution in [-0.4, -0.2) is 40.6 Å².